The van der Waals surface area contributed by atoms with Crippen LogP contribution in [0, 0.1) is 5.82 Å². The summed E-state index contributed by atoms with van der Waals surface area (Å²) in [5.41, 5.74) is -1.18. The van der Waals surface area contributed by atoms with Crippen molar-refractivity contribution in [3.8, 4) is 11.4 Å². The van der Waals surface area contributed by atoms with Gasteiger partial charge in [-0.3, -0.25) is 4.79 Å². The zero-order valence-electron chi connectivity index (χ0n) is 8.48. The molecule has 1 heterocycles. The van der Waals surface area contributed by atoms with E-state index in [0.29, 0.717) is 0 Å². The van der Waals surface area contributed by atoms with E-state index < -0.39 is 22.9 Å². The first kappa shape index (κ1) is 11.0. The molecule has 1 aromatic heterocycles. The number of benzene rings is 1. The first-order valence-corrected chi connectivity index (χ1v) is 4.67. The summed E-state index contributed by atoms with van der Waals surface area (Å²) in [6.07, 6.45) is 0.906. The van der Waals surface area contributed by atoms with Crippen LogP contribution in [0.2, 0.25) is 0 Å². The van der Waals surface area contributed by atoms with Crippen LogP contribution in [0.15, 0.2) is 35.3 Å². The fourth-order valence-corrected chi connectivity index (χ4v) is 1.34. The maximum absolute atomic E-state index is 13.4. The summed E-state index contributed by atoms with van der Waals surface area (Å²) in [5, 5.41) is 8.65. The Labute approximate surface area is 94.6 Å². The molecule has 0 unspecified atom stereocenters. The van der Waals surface area contributed by atoms with Gasteiger partial charge in [0.15, 0.2) is 0 Å². The highest BCUT2D eigenvalue weighted by Gasteiger charge is 2.12. The molecule has 17 heavy (non-hydrogen) atoms. The van der Waals surface area contributed by atoms with E-state index in [1.165, 1.54) is 18.2 Å². The topological polar surface area (TPSA) is 83.0 Å². The second-order valence-corrected chi connectivity index (χ2v) is 3.26. The Kier molecular flexibility index (Phi) is 2.70. The van der Waals surface area contributed by atoms with Gasteiger partial charge in [0, 0.05) is 6.20 Å². The van der Waals surface area contributed by atoms with Gasteiger partial charge in [-0.1, -0.05) is 12.1 Å². The molecule has 0 saturated carbocycles. The van der Waals surface area contributed by atoms with E-state index in [0.717, 1.165) is 6.20 Å². The molecule has 0 radical (unpaired) electrons. The predicted molar refractivity (Wildman–Crippen MR) is 57.2 cm³/mol. The smallest absolute Gasteiger partial charge is 0.342 e. The number of H-pyrrole nitrogens is 1. The third kappa shape index (κ3) is 2.05. The monoisotopic (exact) mass is 234 g/mol. The molecule has 0 saturated heterocycles. The highest BCUT2D eigenvalue weighted by atomic mass is 19.1. The normalized spacial score (nSPS) is 10.2. The second-order valence-electron chi connectivity index (χ2n) is 3.26. The van der Waals surface area contributed by atoms with Crippen molar-refractivity contribution in [1.82, 2.24) is 9.97 Å². The number of aromatic nitrogens is 2. The maximum Gasteiger partial charge on any atom is 0.342 e. The van der Waals surface area contributed by atoms with Crippen LogP contribution in [0.4, 0.5) is 4.39 Å². The molecule has 0 spiro atoms. The molecule has 2 aromatic rings. The molecule has 0 aliphatic carbocycles. The van der Waals surface area contributed by atoms with Crippen molar-refractivity contribution in [2.45, 2.75) is 0 Å². The lowest BCUT2D eigenvalue weighted by atomic mass is 10.2. The second kappa shape index (κ2) is 4.17. The third-order valence-corrected chi connectivity index (χ3v) is 2.16. The Hall–Kier alpha value is -2.50. The number of nitrogens with one attached hydrogen (secondary N) is 1. The number of nitrogens with zero attached hydrogens (tertiary/aromatic N) is 1. The van der Waals surface area contributed by atoms with E-state index in [9.17, 15) is 14.0 Å². The minimum atomic E-state index is -1.38. The van der Waals surface area contributed by atoms with Gasteiger partial charge in [0.25, 0.3) is 5.56 Å². The van der Waals surface area contributed by atoms with Gasteiger partial charge >= 0.3 is 5.97 Å². The average Bonchev–Trinajstić information content (AvgIpc) is 2.29. The van der Waals surface area contributed by atoms with E-state index in [-0.39, 0.29) is 11.4 Å². The van der Waals surface area contributed by atoms with Gasteiger partial charge in [0.1, 0.15) is 17.2 Å². The minimum Gasteiger partial charge on any atom is -0.477 e. The predicted octanol–water partition coefficient (Wildman–Crippen LogP) is 1.27. The number of carbonyl (C=O) groups is 1. The molecule has 0 atom stereocenters. The quantitative estimate of drug-likeness (QED) is 0.819. The van der Waals surface area contributed by atoms with Gasteiger partial charge in [0.05, 0.1) is 5.56 Å². The Bertz CT molecular complexity index is 637. The van der Waals surface area contributed by atoms with E-state index >= 15 is 0 Å². The summed E-state index contributed by atoms with van der Waals surface area (Å²) in [5.74, 6) is -1.92. The first-order chi connectivity index (χ1) is 8.09. The molecule has 0 aliphatic heterocycles. The van der Waals surface area contributed by atoms with Crippen LogP contribution in [0.3, 0.4) is 0 Å². The first-order valence-electron chi connectivity index (χ1n) is 4.67. The molecule has 5 nitrogen and oxygen atoms in total. The molecule has 0 bridgehead atoms. The van der Waals surface area contributed by atoms with E-state index in [1.807, 2.05) is 0 Å². The van der Waals surface area contributed by atoms with Crippen LogP contribution in [0.5, 0.6) is 0 Å². The van der Waals surface area contributed by atoms with Crippen molar-refractivity contribution in [3.05, 3.63) is 52.2 Å². The van der Waals surface area contributed by atoms with Crippen LogP contribution < -0.4 is 5.56 Å². The van der Waals surface area contributed by atoms with Crippen LogP contribution in [0.25, 0.3) is 11.4 Å². The Morgan fingerprint density at radius 2 is 2.06 bits per heavy atom. The zero-order valence-corrected chi connectivity index (χ0v) is 8.48. The molecular weight excluding hydrogens is 227 g/mol. The number of carboxylic acid groups (broad SMARTS) is 1. The SMILES string of the molecule is O=C(O)c1cnc(-c2ccccc2F)[nH]c1=O. The van der Waals surface area contributed by atoms with E-state index in [4.69, 9.17) is 5.11 Å². The Morgan fingerprint density at radius 3 is 2.65 bits per heavy atom. The molecular formula is C11H7FN2O3. The highest BCUT2D eigenvalue weighted by molar-refractivity contribution is 5.86. The number of aromatic amines is 1. The Morgan fingerprint density at radius 1 is 1.35 bits per heavy atom. The van der Waals surface area contributed by atoms with Crippen molar-refractivity contribution in [2.24, 2.45) is 0 Å². The molecule has 2 rings (SSSR count). The molecule has 0 amide bonds. The summed E-state index contributed by atoms with van der Waals surface area (Å²) in [7, 11) is 0. The van der Waals surface area contributed by atoms with Crippen LogP contribution in [-0.2, 0) is 0 Å². The molecule has 1 aromatic carbocycles. The van der Waals surface area contributed by atoms with Gasteiger partial charge < -0.3 is 10.1 Å². The van der Waals surface area contributed by atoms with Crippen molar-refractivity contribution in [2.75, 3.05) is 0 Å². The van der Waals surface area contributed by atoms with E-state index in [1.54, 1.807) is 6.07 Å². The van der Waals surface area contributed by atoms with Gasteiger partial charge in [-0.25, -0.2) is 14.2 Å². The summed E-state index contributed by atoms with van der Waals surface area (Å²) in [6, 6.07) is 5.75. The number of halogens is 1. The molecule has 86 valence electrons. The third-order valence-electron chi connectivity index (χ3n) is 2.16. The molecule has 0 fully saturated rings. The summed E-state index contributed by atoms with van der Waals surface area (Å²) >= 11 is 0. The standard InChI is InChI=1S/C11H7FN2O3/c12-8-4-2-1-3-6(8)9-13-5-7(11(16)17)10(15)14-9/h1-5H,(H,16,17)(H,13,14,15). The largest absolute Gasteiger partial charge is 0.477 e. The fraction of sp³-hybridized carbons (Fsp3) is 0. The number of carboxylic acids is 1. The zero-order chi connectivity index (χ0) is 12.4. The Balaban J connectivity index is 2.57. The van der Waals surface area contributed by atoms with Gasteiger partial charge in [-0.2, -0.15) is 0 Å². The van der Waals surface area contributed by atoms with Gasteiger partial charge in [-0.05, 0) is 12.1 Å². The fourth-order valence-electron chi connectivity index (χ4n) is 1.34. The maximum atomic E-state index is 13.4. The van der Waals surface area contributed by atoms with Crippen molar-refractivity contribution >= 4 is 5.97 Å². The molecule has 0 aliphatic rings. The molecule has 6 heteroatoms. The van der Waals surface area contributed by atoms with Gasteiger partial charge in [-0.15, -0.1) is 0 Å². The van der Waals surface area contributed by atoms with E-state index in [2.05, 4.69) is 9.97 Å². The van der Waals surface area contributed by atoms with Crippen molar-refractivity contribution in [3.63, 3.8) is 0 Å². The lowest BCUT2D eigenvalue weighted by Gasteiger charge is -2.02. The number of rotatable bonds is 2. The highest BCUT2D eigenvalue weighted by Crippen LogP contribution is 2.16. The summed E-state index contributed by atoms with van der Waals surface area (Å²) in [4.78, 5) is 27.9. The van der Waals surface area contributed by atoms with Crippen LogP contribution >= 0.6 is 0 Å². The summed E-state index contributed by atoms with van der Waals surface area (Å²) < 4.78 is 13.4. The lowest BCUT2D eigenvalue weighted by molar-refractivity contribution is 0.0694. The lowest BCUT2D eigenvalue weighted by Crippen LogP contribution is -2.18. The van der Waals surface area contributed by atoms with Gasteiger partial charge in [0.2, 0.25) is 0 Å². The summed E-state index contributed by atoms with van der Waals surface area (Å²) in [6.45, 7) is 0. The van der Waals surface area contributed by atoms with Crippen molar-refractivity contribution in [1.29, 1.82) is 0 Å². The average molecular weight is 234 g/mol. The minimum absolute atomic E-state index is 0.00176. The number of hydrogen-bond donors (Lipinski definition) is 2. The van der Waals surface area contributed by atoms with Crippen LogP contribution in [-0.4, -0.2) is 21.0 Å². The van der Waals surface area contributed by atoms with Crippen LogP contribution in [0.1, 0.15) is 10.4 Å². The van der Waals surface area contributed by atoms with Crippen molar-refractivity contribution < 1.29 is 14.3 Å². The number of aromatic carboxylic acids is 1. The number of hydrogen-bond acceptors (Lipinski definition) is 3. The molecule has 2 N–H and O–H groups in total.